The van der Waals surface area contributed by atoms with Crippen LogP contribution >= 0.6 is 0 Å². The molecule has 0 spiro atoms. The van der Waals surface area contributed by atoms with Crippen molar-refractivity contribution in [1.82, 2.24) is 4.72 Å². The van der Waals surface area contributed by atoms with Gasteiger partial charge < -0.3 is 11.1 Å². The van der Waals surface area contributed by atoms with Crippen molar-refractivity contribution in [3.8, 4) is 0 Å². The summed E-state index contributed by atoms with van der Waals surface area (Å²) >= 11 is 0. The molecule has 0 saturated carbocycles. The van der Waals surface area contributed by atoms with Gasteiger partial charge in [0.05, 0.1) is 5.69 Å². The highest BCUT2D eigenvalue weighted by atomic mass is 32.2. The first-order valence-electron chi connectivity index (χ1n) is 6.03. The third-order valence-electron chi connectivity index (χ3n) is 2.80. The van der Waals surface area contributed by atoms with Crippen LogP contribution in [0, 0.1) is 0 Å². The number of benzene rings is 1. The Hall–Kier alpha value is -1.11. The lowest BCUT2D eigenvalue weighted by atomic mass is 10.2. The Bertz CT molecular complexity index is 474. The second-order valence-electron chi connectivity index (χ2n) is 4.09. The number of para-hydroxylation sites is 1. The Kier molecular flexibility index (Phi) is 5.58. The van der Waals surface area contributed by atoms with Crippen molar-refractivity contribution in [3.05, 3.63) is 24.3 Å². The van der Waals surface area contributed by atoms with Gasteiger partial charge in [-0.1, -0.05) is 19.1 Å². The standard InChI is InChI=1S/C12H21N3O2S/c1-3-10(13)8-9-15-11-6-4-5-7-12(11)18(16,17)14-2/h4-7,10,14-15H,3,8-9,13H2,1-2H3. The first-order chi connectivity index (χ1) is 8.51. The molecule has 0 saturated heterocycles. The van der Waals surface area contributed by atoms with Crippen molar-refractivity contribution in [2.45, 2.75) is 30.7 Å². The highest BCUT2D eigenvalue weighted by Crippen LogP contribution is 2.20. The molecule has 0 radical (unpaired) electrons. The van der Waals surface area contributed by atoms with E-state index in [0.717, 1.165) is 12.8 Å². The summed E-state index contributed by atoms with van der Waals surface area (Å²) in [4.78, 5) is 0.262. The molecule has 1 atom stereocenters. The van der Waals surface area contributed by atoms with Crippen LogP contribution in [0.4, 0.5) is 5.69 Å². The van der Waals surface area contributed by atoms with Crippen molar-refractivity contribution in [2.75, 3.05) is 18.9 Å². The number of sulfonamides is 1. The van der Waals surface area contributed by atoms with Gasteiger partial charge in [-0.05, 0) is 32.0 Å². The maximum atomic E-state index is 11.8. The van der Waals surface area contributed by atoms with Crippen LogP contribution in [0.3, 0.4) is 0 Å². The van der Waals surface area contributed by atoms with Crippen LogP contribution in [0.1, 0.15) is 19.8 Å². The normalized spacial score (nSPS) is 13.3. The first kappa shape index (κ1) is 14.9. The third kappa shape index (κ3) is 3.97. The van der Waals surface area contributed by atoms with Gasteiger partial charge >= 0.3 is 0 Å². The third-order valence-corrected chi connectivity index (χ3v) is 4.27. The van der Waals surface area contributed by atoms with Crippen molar-refractivity contribution in [3.63, 3.8) is 0 Å². The molecule has 0 aliphatic rings. The van der Waals surface area contributed by atoms with Crippen molar-refractivity contribution < 1.29 is 8.42 Å². The Labute approximate surface area is 109 Å². The molecule has 1 rings (SSSR count). The Morgan fingerprint density at radius 1 is 1.33 bits per heavy atom. The summed E-state index contributed by atoms with van der Waals surface area (Å²) in [5.74, 6) is 0. The van der Waals surface area contributed by atoms with Crippen LogP contribution < -0.4 is 15.8 Å². The van der Waals surface area contributed by atoms with E-state index in [1.54, 1.807) is 24.3 Å². The topological polar surface area (TPSA) is 84.2 Å². The number of hydrogen-bond donors (Lipinski definition) is 3. The molecular formula is C12H21N3O2S. The number of hydrogen-bond acceptors (Lipinski definition) is 4. The SMILES string of the molecule is CCC(N)CCNc1ccccc1S(=O)(=O)NC. The molecule has 0 heterocycles. The van der Waals surface area contributed by atoms with Gasteiger partial charge in [0.1, 0.15) is 4.90 Å². The van der Waals surface area contributed by atoms with Crippen molar-refractivity contribution >= 4 is 15.7 Å². The summed E-state index contributed by atoms with van der Waals surface area (Å²) in [6, 6.07) is 6.98. The summed E-state index contributed by atoms with van der Waals surface area (Å²) in [5.41, 5.74) is 6.42. The predicted molar refractivity (Wildman–Crippen MR) is 74.1 cm³/mol. The van der Waals surface area contributed by atoms with E-state index in [1.807, 2.05) is 6.92 Å². The Morgan fingerprint density at radius 3 is 2.61 bits per heavy atom. The highest BCUT2D eigenvalue weighted by molar-refractivity contribution is 7.89. The van der Waals surface area contributed by atoms with E-state index >= 15 is 0 Å². The van der Waals surface area contributed by atoms with Gasteiger partial charge in [0, 0.05) is 12.6 Å². The summed E-state index contributed by atoms with van der Waals surface area (Å²) in [6.45, 7) is 2.69. The van der Waals surface area contributed by atoms with Crippen LogP contribution in [-0.4, -0.2) is 28.1 Å². The van der Waals surface area contributed by atoms with Gasteiger partial charge in [0.25, 0.3) is 0 Å². The molecule has 0 bridgehead atoms. The number of nitrogens with two attached hydrogens (primary N) is 1. The number of anilines is 1. The summed E-state index contributed by atoms with van der Waals surface area (Å²) < 4.78 is 25.9. The fourth-order valence-corrected chi connectivity index (χ4v) is 2.46. The van der Waals surface area contributed by atoms with E-state index in [1.165, 1.54) is 7.05 Å². The minimum Gasteiger partial charge on any atom is -0.384 e. The average Bonchev–Trinajstić information content (AvgIpc) is 2.39. The Morgan fingerprint density at radius 2 is 2.00 bits per heavy atom. The maximum absolute atomic E-state index is 11.8. The summed E-state index contributed by atoms with van der Waals surface area (Å²) in [5, 5.41) is 3.12. The van der Waals surface area contributed by atoms with E-state index in [0.29, 0.717) is 12.2 Å². The monoisotopic (exact) mass is 271 g/mol. The molecule has 0 aliphatic carbocycles. The fourth-order valence-electron chi connectivity index (χ4n) is 1.55. The first-order valence-corrected chi connectivity index (χ1v) is 7.51. The van der Waals surface area contributed by atoms with E-state index in [2.05, 4.69) is 10.0 Å². The lowest BCUT2D eigenvalue weighted by Crippen LogP contribution is -2.23. The van der Waals surface area contributed by atoms with Gasteiger partial charge in [0.2, 0.25) is 10.0 Å². The van der Waals surface area contributed by atoms with Crippen LogP contribution in [0.2, 0.25) is 0 Å². The molecule has 4 N–H and O–H groups in total. The van der Waals surface area contributed by atoms with E-state index in [-0.39, 0.29) is 10.9 Å². The molecule has 0 amide bonds. The lowest BCUT2D eigenvalue weighted by Gasteiger charge is -2.13. The van der Waals surface area contributed by atoms with Crippen molar-refractivity contribution in [1.29, 1.82) is 0 Å². The molecule has 1 aromatic carbocycles. The predicted octanol–water partition coefficient (Wildman–Crippen LogP) is 1.13. The zero-order chi connectivity index (χ0) is 13.6. The van der Waals surface area contributed by atoms with Crippen LogP contribution in [0.15, 0.2) is 29.2 Å². The molecule has 1 unspecified atom stereocenters. The van der Waals surface area contributed by atoms with Crippen LogP contribution in [-0.2, 0) is 10.0 Å². The molecular weight excluding hydrogens is 250 g/mol. The molecule has 0 fully saturated rings. The van der Waals surface area contributed by atoms with Crippen molar-refractivity contribution in [2.24, 2.45) is 5.73 Å². The van der Waals surface area contributed by atoms with Gasteiger partial charge in [-0.15, -0.1) is 0 Å². The quantitative estimate of drug-likeness (QED) is 0.694. The highest BCUT2D eigenvalue weighted by Gasteiger charge is 2.15. The Balaban J connectivity index is 2.78. The molecule has 1 aromatic rings. The van der Waals surface area contributed by atoms with E-state index < -0.39 is 10.0 Å². The van der Waals surface area contributed by atoms with Gasteiger partial charge in [-0.2, -0.15) is 0 Å². The number of rotatable bonds is 7. The summed E-state index contributed by atoms with van der Waals surface area (Å²) in [7, 11) is -2.03. The molecule has 102 valence electrons. The fraction of sp³-hybridized carbons (Fsp3) is 0.500. The zero-order valence-electron chi connectivity index (χ0n) is 10.8. The van der Waals surface area contributed by atoms with Crippen LogP contribution in [0.25, 0.3) is 0 Å². The van der Waals surface area contributed by atoms with Gasteiger partial charge in [0.15, 0.2) is 0 Å². The minimum atomic E-state index is -3.43. The average molecular weight is 271 g/mol. The summed E-state index contributed by atoms with van der Waals surface area (Å²) in [6.07, 6.45) is 1.72. The number of nitrogens with one attached hydrogen (secondary N) is 2. The lowest BCUT2D eigenvalue weighted by molar-refractivity contribution is 0.588. The maximum Gasteiger partial charge on any atom is 0.242 e. The smallest absolute Gasteiger partial charge is 0.242 e. The zero-order valence-corrected chi connectivity index (χ0v) is 11.6. The van der Waals surface area contributed by atoms with Gasteiger partial charge in [-0.3, -0.25) is 0 Å². The van der Waals surface area contributed by atoms with E-state index in [9.17, 15) is 8.42 Å². The molecule has 5 nitrogen and oxygen atoms in total. The second kappa shape index (κ2) is 6.72. The molecule has 18 heavy (non-hydrogen) atoms. The van der Waals surface area contributed by atoms with Crippen LogP contribution in [0.5, 0.6) is 0 Å². The van der Waals surface area contributed by atoms with E-state index in [4.69, 9.17) is 5.73 Å². The molecule has 0 aliphatic heterocycles. The minimum absolute atomic E-state index is 0.144. The second-order valence-corrected chi connectivity index (χ2v) is 5.94. The molecule has 6 heteroatoms. The molecule has 0 aromatic heterocycles. The largest absolute Gasteiger partial charge is 0.384 e. The van der Waals surface area contributed by atoms with Gasteiger partial charge in [-0.25, -0.2) is 13.1 Å².